The predicted octanol–water partition coefficient (Wildman–Crippen LogP) is 2.18. The minimum absolute atomic E-state index is 0.213. The van der Waals surface area contributed by atoms with Crippen LogP contribution in [0.3, 0.4) is 0 Å². The Balaban J connectivity index is 2.24. The van der Waals surface area contributed by atoms with Gasteiger partial charge in [-0.25, -0.2) is 0 Å². The molecule has 1 saturated heterocycles. The third-order valence-electron chi connectivity index (χ3n) is 4.18. The second kappa shape index (κ2) is 6.89. The molecule has 112 valence electrons. The molecule has 0 radical (unpaired) electrons. The molecule has 1 aromatic rings. The predicted molar refractivity (Wildman–Crippen MR) is 85.9 cm³/mol. The first-order chi connectivity index (χ1) is 9.56. The van der Waals surface area contributed by atoms with Gasteiger partial charge in [-0.05, 0) is 47.1 Å². The molecule has 0 spiro atoms. The largest absolute Gasteiger partial charge is 0.507 e. The first-order valence-corrected chi connectivity index (χ1v) is 7.98. The SMILES string of the molecule is CCC1CN(C)CCN1C(CN)c1ccc(O)c(Br)c1. The van der Waals surface area contributed by atoms with Crippen molar-refractivity contribution < 1.29 is 5.11 Å². The highest BCUT2D eigenvalue weighted by Gasteiger charge is 2.30. The summed E-state index contributed by atoms with van der Waals surface area (Å²) < 4.78 is 0.732. The molecular formula is C15H24BrN3O. The fraction of sp³-hybridized carbons (Fsp3) is 0.600. The topological polar surface area (TPSA) is 52.7 Å². The fourth-order valence-electron chi connectivity index (χ4n) is 2.99. The fourth-order valence-corrected chi connectivity index (χ4v) is 3.39. The van der Waals surface area contributed by atoms with E-state index in [2.05, 4.69) is 39.7 Å². The van der Waals surface area contributed by atoms with Crippen molar-refractivity contribution in [2.75, 3.05) is 33.2 Å². The first-order valence-electron chi connectivity index (χ1n) is 7.19. The van der Waals surface area contributed by atoms with E-state index in [1.165, 1.54) is 5.56 Å². The molecular weight excluding hydrogens is 318 g/mol. The van der Waals surface area contributed by atoms with Crippen LogP contribution in [0, 0.1) is 0 Å². The second-order valence-corrected chi connectivity index (χ2v) is 6.38. The molecule has 20 heavy (non-hydrogen) atoms. The number of rotatable bonds is 4. The van der Waals surface area contributed by atoms with E-state index in [4.69, 9.17) is 5.73 Å². The molecule has 5 heteroatoms. The van der Waals surface area contributed by atoms with Crippen LogP contribution in [0.1, 0.15) is 24.9 Å². The van der Waals surface area contributed by atoms with E-state index in [-0.39, 0.29) is 11.8 Å². The van der Waals surface area contributed by atoms with Crippen molar-refractivity contribution >= 4 is 15.9 Å². The van der Waals surface area contributed by atoms with Crippen molar-refractivity contribution in [3.8, 4) is 5.75 Å². The summed E-state index contributed by atoms with van der Waals surface area (Å²) in [5.74, 6) is 0.273. The van der Waals surface area contributed by atoms with Crippen LogP contribution in [0.2, 0.25) is 0 Å². The summed E-state index contributed by atoms with van der Waals surface area (Å²) in [7, 11) is 2.18. The summed E-state index contributed by atoms with van der Waals surface area (Å²) in [6.45, 7) is 6.03. The molecule has 1 fully saturated rings. The quantitative estimate of drug-likeness (QED) is 0.881. The van der Waals surface area contributed by atoms with Crippen molar-refractivity contribution in [3.63, 3.8) is 0 Å². The van der Waals surface area contributed by atoms with Crippen molar-refractivity contribution in [3.05, 3.63) is 28.2 Å². The van der Waals surface area contributed by atoms with Crippen LogP contribution in [0.5, 0.6) is 5.75 Å². The highest BCUT2D eigenvalue weighted by Crippen LogP contribution is 2.31. The van der Waals surface area contributed by atoms with Gasteiger partial charge in [-0.3, -0.25) is 4.90 Å². The van der Waals surface area contributed by atoms with Gasteiger partial charge in [0.1, 0.15) is 5.75 Å². The van der Waals surface area contributed by atoms with Gasteiger partial charge in [0.05, 0.1) is 4.47 Å². The van der Waals surface area contributed by atoms with Crippen molar-refractivity contribution in [1.82, 2.24) is 9.80 Å². The zero-order chi connectivity index (χ0) is 14.7. The Morgan fingerprint density at radius 1 is 1.45 bits per heavy atom. The van der Waals surface area contributed by atoms with Crippen LogP contribution < -0.4 is 5.73 Å². The number of likely N-dealkylation sites (N-methyl/N-ethyl adjacent to an activating group) is 1. The smallest absolute Gasteiger partial charge is 0.129 e. The van der Waals surface area contributed by atoms with Crippen LogP contribution in [-0.2, 0) is 0 Å². The third-order valence-corrected chi connectivity index (χ3v) is 4.82. The lowest BCUT2D eigenvalue weighted by Gasteiger charge is -2.44. The highest BCUT2D eigenvalue weighted by molar-refractivity contribution is 9.10. The van der Waals surface area contributed by atoms with Crippen LogP contribution in [0.15, 0.2) is 22.7 Å². The van der Waals surface area contributed by atoms with E-state index in [1.807, 2.05) is 12.1 Å². The van der Waals surface area contributed by atoms with E-state index in [0.717, 1.165) is 30.5 Å². The average Bonchev–Trinajstić information content (AvgIpc) is 2.44. The molecule has 2 unspecified atom stereocenters. The van der Waals surface area contributed by atoms with E-state index in [1.54, 1.807) is 6.07 Å². The number of halogens is 1. The van der Waals surface area contributed by atoms with E-state index in [0.29, 0.717) is 12.6 Å². The van der Waals surface area contributed by atoms with Gasteiger partial charge in [-0.2, -0.15) is 0 Å². The Morgan fingerprint density at radius 3 is 2.80 bits per heavy atom. The summed E-state index contributed by atoms with van der Waals surface area (Å²) in [5.41, 5.74) is 7.21. The molecule has 2 atom stereocenters. The Labute approximate surface area is 129 Å². The maximum atomic E-state index is 9.64. The van der Waals surface area contributed by atoms with Gasteiger partial charge in [0.15, 0.2) is 0 Å². The summed E-state index contributed by atoms with van der Waals surface area (Å²) in [4.78, 5) is 4.89. The maximum Gasteiger partial charge on any atom is 0.129 e. The molecule has 0 aromatic heterocycles. The summed E-state index contributed by atoms with van der Waals surface area (Å²) in [5, 5.41) is 9.64. The number of phenols is 1. The minimum atomic E-state index is 0.213. The lowest BCUT2D eigenvalue weighted by Crippen LogP contribution is -2.53. The number of hydrogen-bond donors (Lipinski definition) is 2. The van der Waals surface area contributed by atoms with Gasteiger partial charge >= 0.3 is 0 Å². The van der Waals surface area contributed by atoms with Crippen LogP contribution in [0.25, 0.3) is 0 Å². The standard InChI is InChI=1S/C15H24BrN3O/c1-3-12-10-18(2)6-7-19(12)14(9-17)11-4-5-15(20)13(16)8-11/h4-5,8,12,14,20H,3,6-7,9-10,17H2,1-2H3. The molecule has 2 rings (SSSR count). The molecule has 1 aliphatic heterocycles. The number of phenolic OH excluding ortho intramolecular Hbond substituents is 1. The second-order valence-electron chi connectivity index (χ2n) is 5.52. The summed E-state index contributed by atoms with van der Waals surface area (Å²) in [6.07, 6.45) is 1.13. The number of benzene rings is 1. The van der Waals surface area contributed by atoms with Gasteiger partial charge in [-0.1, -0.05) is 13.0 Å². The van der Waals surface area contributed by atoms with Crippen molar-refractivity contribution in [1.29, 1.82) is 0 Å². The molecule has 3 N–H and O–H groups in total. The molecule has 1 aliphatic rings. The Kier molecular flexibility index (Phi) is 5.43. The zero-order valence-corrected chi connectivity index (χ0v) is 13.8. The number of aromatic hydroxyl groups is 1. The average molecular weight is 342 g/mol. The van der Waals surface area contributed by atoms with Crippen LogP contribution >= 0.6 is 15.9 Å². The number of piperazine rings is 1. The highest BCUT2D eigenvalue weighted by atomic mass is 79.9. The Bertz CT molecular complexity index is 455. The monoisotopic (exact) mass is 341 g/mol. The normalized spacial score (nSPS) is 22.9. The number of nitrogens with zero attached hydrogens (tertiary/aromatic N) is 2. The zero-order valence-electron chi connectivity index (χ0n) is 12.2. The number of hydrogen-bond acceptors (Lipinski definition) is 4. The lowest BCUT2D eigenvalue weighted by molar-refractivity contribution is 0.0521. The van der Waals surface area contributed by atoms with Gasteiger partial charge in [0.2, 0.25) is 0 Å². The number of nitrogens with two attached hydrogens (primary N) is 1. The molecule has 1 aromatic carbocycles. The Morgan fingerprint density at radius 2 is 2.20 bits per heavy atom. The summed E-state index contributed by atoms with van der Waals surface area (Å²) >= 11 is 3.39. The molecule has 0 saturated carbocycles. The molecule has 0 aliphatic carbocycles. The van der Waals surface area contributed by atoms with Crippen LogP contribution in [-0.4, -0.2) is 54.2 Å². The van der Waals surface area contributed by atoms with Crippen molar-refractivity contribution in [2.45, 2.75) is 25.4 Å². The molecule has 0 bridgehead atoms. The third kappa shape index (κ3) is 3.34. The van der Waals surface area contributed by atoms with Gasteiger partial charge < -0.3 is 15.7 Å². The molecule has 0 amide bonds. The lowest BCUT2D eigenvalue weighted by atomic mass is 10.00. The van der Waals surface area contributed by atoms with Gasteiger partial charge in [0.25, 0.3) is 0 Å². The summed E-state index contributed by atoms with van der Waals surface area (Å²) in [6, 6.07) is 6.44. The van der Waals surface area contributed by atoms with Gasteiger partial charge in [-0.15, -0.1) is 0 Å². The van der Waals surface area contributed by atoms with Gasteiger partial charge in [0, 0.05) is 38.3 Å². The molecule has 4 nitrogen and oxygen atoms in total. The Hall–Kier alpha value is -0.620. The molecule has 1 heterocycles. The van der Waals surface area contributed by atoms with E-state index >= 15 is 0 Å². The maximum absolute atomic E-state index is 9.64. The van der Waals surface area contributed by atoms with E-state index < -0.39 is 0 Å². The van der Waals surface area contributed by atoms with Crippen LogP contribution in [0.4, 0.5) is 0 Å². The first kappa shape index (κ1) is 15.8. The van der Waals surface area contributed by atoms with Crippen molar-refractivity contribution in [2.24, 2.45) is 5.73 Å². The minimum Gasteiger partial charge on any atom is -0.507 e. The van der Waals surface area contributed by atoms with E-state index in [9.17, 15) is 5.11 Å².